The molecule has 0 aromatic carbocycles. The molecule has 0 saturated carbocycles. The zero-order chi connectivity index (χ0) is 19.6. The van der Waals surface area contributed by atoms with Gasteiger partial charge in [0.05, 0.1) is 0 Å². The predicted octanol–water partition coefficient (Wildman–Crippen LogP) is 2.91. The van der Waals surface area contributed by atoms with Gasteiger partial charge in [0.1, 0.15) is 17.8 Å². The third kappa shape index (κ3) is 6.39. The van der Waals surface area contributed by atoms with Crippen LogP contribution in [0.1, 0.15) is 48.5 Å². The molecule has 1 heterocycles. The molecule has 1 saturated heterocycles. The quantitative estimate of drug-likeness (QED) is 0.557. The summed E-state index contributed by atoms with van der Waals surface area (Å²) in [5, 5.41) is 0. The minimum absolute atomic E-state index is 0.534. The highest BCUT2D eigenvalue weighted by atomic mass is 19.1. The maximum atomic E-state index is 14.5. The number of carbonyl (C=O) groups excluding carboxylic acids is 3. The van der Waals surface area contributed by atoms with E-state index in [4.69, 9.17) is 23.7 Å². The largest absolute Gasteiger partial charge is 0.509 e. The average Bonchev–Trinajstić information content (AvgIpc) is 2.55. The number of alkyl halides is 1. The first-order valence-corrected chi connectivity index (χ1v) is 7.77. The molecule has 25 heavy (non-hydrogen) atoms. The maximum Gasteiger partial charge on any atom is 0.509 e. The smallest absolute Gasteiger partial charge is 0.452 e. The van der Waals surface area contributed by atoms with Crippen molar-refractivity contribution in [3.8, 4) is 0 Å². The molecule has 0 aliphatic carbocycles. The van der Waals surface area contributed by atoms with Gasteiger partial charge in [-0.3, -0.25) is 0 Å². The van der Waals surface area contributed by atoms with E-state index < -0.39 is 54.0 Å². The van der Waals surface area contributed by atoms with Crippen molar-refractivity contribution in [2.24, 2.45) is 0 Å². The fraction of sp³-hybridized carbons (Fsp3) is 0.812. The van der Waals surface area contributed by atoms with Crippen LogP contribution in [0.4, 0.5) is 14.0 Å². The lowest BCUT2D eigenvalue weighted by Gasteiger charge is -2.25. The molecule has 0 unspecified atom stereocenters. The van der Waals surface area contributed by atoms with Crippen LogP contribution in [-0.4, -0.2) is 54.0 Å². The Labute approximate surface area is 145 Å². The predicted molar refractivity (Wildman–Crippen MR) is 82.7 cm³/mol. The molecule has 0 spiro atoms. The van der Waals surface area contributed by atoms with Crippen molar-refractivity contribution < 1.29 is 42.5 Å². The first kappa shape index (κ1) is 21.0. The summed E-state index contributed by atoms with van der Waals surface area (Å²) in [4.78, 5) is 35.0. The standard InChI is InChI=1S/C16H25FO8/c1-14(2,3)24-12(19)21-8-9-10(16(7,17)11(18)22-9)23-13(20)25-15(4,5)6/h9-10H,8H2,1-7H3/t9-,10-,16-/m1/s1. The molecule has 0 amide bonds. The zero-order valence-corrected chi connectivity index (χ0v) is 15.5. The van der Waals surface area contributed by atoms with Crippen molar-refractivity contribution in [2.75, 3.05) is 6.61 Å². The summed E-state index contributed by atoms with van der Waals surface area (Å²) in [5.74, 6) is -1.22. The maximum absolute atomic E-state index is 14.5. The molecule has 8 nitrogen and oxygen atoms in total. The fourth-order valence-corrected chi connectivity index (χ4v) is 1.90. The molecular formula is C16H25FO8. The molecule has 3 atom stereocenters. The molecule has 1 rings (SSSR count). The summed E-state index contributed by atoms with van der Waals surface area (Å²) >= 11 is 0. The van der Waals surface area contributed by atoms with Crippen molar-refractivity contribution in [1.29, 1.82) is 0 Å². The first-order valence-electron chi connectivity index (χ1n) is 7.77. The van der Waals surface area contributed by atoms with Crippen LogP contribution >= 0.6 is 0 Å². The van der Waals surface area contributed by atoms with Crippen LogP contribution in [0.25, 0.3) is 0 Å². The van der Waals surface area contributed by atoms with Crippen LogP contribution in [0.3, 0.4) is 0 Å². The third-order valence-electron chi connectivity index (χ3n) is 2.90. The SMILES string of the molecule is CC(C)(C)OC(=O)OC[C@H]1OC(=O)[C@](C)(F)[C@@H]1OC(=O)OC(C)(C)C. The van der Waals surface area contributed by atoms with Crippen molar-refractivity contribution in [3.63, 3.8) is 0 Å². The summed E-state index contributed by atoms with van der Waals surface area (Å²) in [5.41, 5.74) is -4.25. The lowest BCUT2D eigenvalue weighted by Crippen LogP contribution is -2.45. The Morgan fingerprint density at radius 3 is 2.04 bits per heavy atom. The highest BCUT2D eigenvalue weighted by molar-refractivity contribution is 5.83. The highest BCUT2D eigenvalue weighted by Crippen LogP contribution is 2.33. The molecule has 0 aromatic heterocycles. The second-order valence-electron chi connectivity index (χ2n) is 7.80. The topological polar surface area (TPSA) is 97.4 Å². The van der Waals surface area contributed by atoms with E-state index in [1.54, 1.807) is 41.5 Å². The van der Waals surface area contributed by atoms with Gasteiger partial charge in [-0.05, 0) is 48.5 Å². The Kier molecular flexibility index (Phi) is 5.92. The van der Waals surface area contributed by atoms with Crippen molar-refractivity contribution in [1.82, 2.24) is 0 Å². The van der Waals surface area contributed by atoms with E-state index in [2.05, 4.69) is 0 Å². The van der Waals surface area contributed by atoms with Crippen molar-refractivity contribution in [2.45, 2.75) is 77.5 Å². The average molecular weight is 364 g/mol. The molecule has 1 aliphatic rings. The van der Waals surface area contributed by atoms with Gasteiger partial charge < -0.3 is 23.7 Å². The van der Waals surface area contributed by atoms with E-state index in [0.717, 1.165) is 6.92 Å². The third-order valence-corrected chi connectivity index (χ3v) is 2.90. The monoisotopic (exact) mass is 364 g/mol. The van der Waals surface area contributed by atoms with Gasteiger partial charge in [-0.1, -0.05) is 0 Å². The normalized spacial score (nSPS) is 26.6. The Morgan fingerprint density at radius 1 is 1.08 bits per heavy atom. The van der Waals surface area contributed by atoms with Gasteiger partial charge in [-0.2, -0.15) is 0 Å². The van der Waals surface area contributed by atoms with E-state index in [1.165, 1.54) is 0 Å². The number of rotatable bonds is 3. The Bertz CT molecular complexity index is 529. The Balaban J connectivity index is 2.75. The number of carbonyl (C=O) groups is 3. The van der Waals surface area contributed by atoms with Crippen LogP contribution in [0.2, 0.25) is 0 Å². The highest BCUT2D eigenvalue weighted by Gasteiger charge is 2.58. The number of hydrogen-bond donors (Lipinski definition) is 0. The molecule has 1 fully saturated rings. The van der Waals surface area contributed by atoms with E-state index in [-0.39, 0.29) is 0 Å². The summed E-state index contributed by atoms with van der Waals surface area (Å²) < 4.78 is 38.9. The molecule has 0 bridgehead atoms. The molecule has 1 aliphatic heterocycles. The number of esters is 1. The zero-order valence-electron chi connectivity index (χ0n) is 15.5. The minimum Gasteiger partial charge on any atom is -0.452 e. The van der Waals surface area contributed by atoms with E-state index >= 15 is 0 Å². The molecule has 144 valence electrons. The van der Waals surface area contributed by atoms with E-state index in [0.29, 0.717) is 0 Å². The van der Waals surface area contributed by atoms with Gasteiger partial charge in [0, 0.05) is 0 Å². The first-order chi connectivity index (χ1) is 11.1. The summed E-state index contributed by atoms with van der Waals surface area (Å²) in [7, 11) is 0. The number of ether oxygens (including phenoxy) is 5. The second-order valence-corrected chi connectivity index (χ2v) is 7.80. The van der Waals surface area contributed by atoms with Crippen LogP contribution in [0, 0.1) is 0 Å². The summed E-state index contributed by atoms with van der Waals surface area (Å²) in [6, 6.07) is 0. The summed E-state index contributed by atoms with van der Waals surface area (Å²) in [6.07, 6.45) is -5.13. The van der Waals surface area contributed by atoms with Gasteiger partial charge in [0.25, 0.3) is 0 Å². The van der Waals surface area contributed by atoms with Crippen LogP contribution in [-0.2, 0) is 28.5 Å². The van der Waals surface area contributed by atoms with Gasteiger partial charge >= 0.3 is 18.3 Å². The van der Waals surface area contributed by atoms with Gasteiger partial charge in [-0.25, -0.2) is 18.8 Å². The lowest BCUT2D eigenvalue weighted by atomic mass is 10.0. The van der Waals surface area contributed by atoms with Crippen LogP contribution in [0.15, 0.2) is 0 Å². The van der Waals surface area contributed by atoms with E-state index in [1.807, 2.05) is 0 Å². The number of halogens is 1. The lowest BCUT2D eigenvalue weighted by molar-refractivity contribution is -0.150. The van der Waals surface area contributed by atoms with Gasteiger partial charge in [-0.15, -0.1) is 0 Å². The number of hydrogen-bond acceptors (Lipinski definition) is 8. The minimum atomic E-state index is -2.60. The van der Waals surface area contributed by atoms with Gasteiger partial charge in [0.2, 0.25) is 5.67 Å². The van der Waals surface area contributed by atoms with Crippen LogP contribution < -0.4 is 0 Å². The molecule has 9 heteroatoms. The fourth-order valence-electron chi connectivity index (χ4n) is 1.90. The Morgan fingerprint density at radius 2 is 1.56 bits per heavy atom. The summed E-state index contributed by atoms with van der Waals surface area (Å²) in [6.45, 7) is 10.1. The van der Waals surface area contributed by atoms with Crippen LogP contribution in [0.5, 0.6) is 0 Å². The van der Waals surface area contributed by atoms with Crippen molar-refractivity contribution >= 4 is 18.3 Å². The Hall–Kier alpha value is -2.06. The second kappa shape index (κ2) is 7.05. The molecular weight excluding hydrogens is 339 g/mol. The molecule has 0 radical (unpaired) electrons. The number of cyclic esters (lactones) is 1. The molecule has 0 aromatic rings. The van der Waals surface area contributed by atoms with E-state index in [9.17, 15) is 18.8 Å². The molecule has 0 N–H and O–H groups in total. The van der Waals surface area contributed by atoms with Crippen molar-refractivity contribution in [3.05, 3.63) is 0 Å². The van der Waals surface area contributed by atoms with Gasteiger partial charge in [0.15, 0.2) is 12.2 Å².